The minimum atomic E-state index is -1.11. The molecule has 0 radical (unpaired) electrons. The number of carbonyl (C=O) groups is 2. The van der Waals surface area contributed by atoms with Crippen LogP contribution in [0.15, 0.2) is 53.0 Å². The number of nitro groups is 1. The highest BCUT2D eigenvalue weighted by Gasteiger charge is 2.22. The third-order valence-electron chi connectivity index (χ3n) is 3.09. The van der Waals surface area contributed by atoms with Crippen molar-refractivity contribution in [1.82, 2.24) is 0 Å². The van der Waals surface area contributed by atoms with E-state index in [-0.39, 0.29) is 11.4 Å². The van der Waals surface area contributed by atoms with Crippen molar-refractivity contribution in [3.63, 3.8) is 0 Å². The van der Waals surface area contributed by atoms with Crippen molar-refractivity contribution in [2.75, 3.05) is 5.32 Å². The van der Waals surface area contributed by atoms with Gasteiger partial charge in [-0.2, -0.15) is 0 Å². The second kappa shape index (κ2) is 7.69. The van der Waals surface area contributed by atoms with Crippen LogP contribution in [0.25, 0.3) is 0 Å². The van der Waals surface area contributed by atoms with Crippen LogP contribution in [0, 0.1) is 10.1 Å². The number of ether oxygens (including phenoxy) is 1. The topological polar surface area (TPSA) is 98.5 Å². The van der Waals surface area contributed by atoms with Crippen LogP contribution in [0.4, 0.5) is 11.4 Å². The van der Waals surface area contributed by atoms with Gasteiger partial charge in [-0.1, -0.05) is 28.1 Å². The van der Waals surface area contributed by atoms with Gasteiger partial charge in [0.15, 0.2) is 6.10 Å². The van der Waals surface area contributed by atoms with E-state index in [1.165, 1.54) is 25.1 Å². The number of nitro benzene ring substituents is 1. The Labute approximate surface area is 145 Å². The molecule has 1 N–H and O–H groups in total. The van der Waals surface area contributed by atoms with Crippen molar-refractivity contribution in [3.05, 3.63) is 68.7 Å². The Morgan fingerprint density at radius 3 is 2.42 bits per heavy atom. The third kappa shape index (κ3) is 4.39. The Bertz CT molecular complexity index is 776. The van der Waals surface area contributed by atoms with Crippen LogP contribution in [0.2, 0.25) is 0 Å². The highest BCUT2D eigenvalue weighted by atomic mass is 79.9. The van der Waals surface area contributed by atoms with Gasteiger partial charge in [-0.3, -0.25) is 14.9 Å². The van der Waals surface area contributed by atoms with Crippen LogP contribution < -0.4 is 5.32 Å². The first-order valence-electron chi connectivity index (χ1n) is 6.89. The lowest BCUT2D eigenvalue weighted by Gasteiger charge is -2.13. The lowest BCUT2D eigenvalue weighted by Crippen LogP contribution is -2.30. The van der Waals surface area contributed by atoms with Crippen LogP contribution in [0.3, 0.4) is 0 Å². The predicted octanol–water partition coefficient (Wildman–Crippen LogP) is 3.54. The Hall–Kier alpha value is -2.74. The van der Waals surface area contributed by atoms with Gasteiger partial charge >= 0.3 is 5.97 Å². The van der Waals surface area contributed by atoms with Crippen LogP contribution >= 0.6 is 15.9 Å². The maximum atomic E-state index is 12.1. The number of amides is 1. The maximum absolute atomic E-state index is 12.1. The summed E-state index contributed by atoms with van der Waals surface area (Å²) in [7, 11) is 0. The van der Waals surface area contributed by atoms with E-state index in [1.54, 1.807) is 30.3 Å². The summed E-state index contributed by atoms with van der Waals surface area (Å²) in [5.74, 6) is -1.32. The Morgan fingerprint density at radius 1 is 1.17 bits per heavy atom. The predicted molar refractivity (Wildman–Crippen MR) is 90.7 cm³/mol. The molecule has 124 valence electrons. The van der Waals surface area contributed by atoms with E-state index in [4.69, 9.17) is 4.74 Å². The smallest absolute Gasteiger partial charge is 0.338 e. The Morgan fingerprint density at radius 2 is 1.79 bits per heavy atom. The van der Waals surface area contributed by atoms with E-state index in [2.05, 4.69) is 21.2 Å². The Balaban J connectivity index is 2.04. The molecule has 0 bridgehead atoms. The number of para-hydroxylation sites is 2. The fraction of sp³-hybridized carbons (Fsp3) is 0.125. The first kappa shape index (κ1) is 17.6. The van der Waals surface area contributed by atoms with Gasteiger partial charge in [0.05, 0.1) is 10.5 Å². The zero-order valence-corrected chi connectivity index (χ0v) is 14.1. The van der Waals surface area contributed by atoms with E-state index in [0.717, 1.165) is 4.47 Å². The lowest BCUT2D eigenvalue weighted by atomic mass is 10.2. The number of carbonyl (C=O) groups excluding carboxylic acids is 2. The van der Waals surface area contributed by atoms with E-state index < -0.39 is 22.9 Å². The van der Waals surface area contributed by atoms with Crippen LogP contribution in [0.1, 0.15) is 17.3 Å². The second-order valence-corrected chi connectivity index (χ2v) is 5.73. The molecule has 0 fully saturated rings. The summed E-state index contributed by atoms with van der Waals surface area (Å²) < 4.78 is 5.88. The molecule has 2 aromatic carbocycles. The normalized spacial score (nSPS) is 11.4. The van der Waals surface area contributed by atoms with Gasteiger partial charge in [-0.15, -0.1) is 0 Å². The number of hydrogen-bond donors (Lipinski definition) is 1. The van der Waals surface area contributed by atoms with Crippen LogP contribution in [-0.2, 0) is 9.53 Å². The van der Waals surface area contributed by atoms with Crippen molar-refractivity contribution in [1.29, 1.82) is 0 Å². The molecule has 0 saturated heterocycles. The number of hydrogen-bond acceptors (Lipinski definition) is 5. The van der Waals surface area contributed by atoms with Crippen molar-refractivity contribution in [3.8, 4) is 0 Å². The molecular formula is C16H13BrN2O5. The average molecular weight is 393 g/mol. The molecule has 0 unspecified atom stereocenters. The fourth-order valence-corrected chi connectivity index (χ4v) is 2.11. The van der Waals surface area contributed by atoms with Gasteiger partial charge < -0.3 is 10.1 Å². The van der Waals surface area contributed by atoms with Crippen molar-refractivity contribution in [2.24, 2.45) is 0 Å². The van der Waals surface area contributed by atoms with E-state index in [9.17, 15) is 19.7 Å². The number of rotatable bonds is 5. The monoisotopic (exact) mass is 392 g/mol. The molecule has 1 amide bonds. The minimum Gasteiger partial charge on any atom is -0.449 e. The first-order valence-corrected chi connectivity index (χ1v) is 7.68. The van der Waals surface area contributed by atoms with Crippen molar-refractivity contribution < 1.29 is 19.2 Å². The number of esters is 1. The summed E-state index contributed by atoms with van der Waals surface area (Å²) in [6, 6.07) is 12.2. The molecule has 8 heteroatoms. The molecule has 2 rings (SSSR count). The second-order valence-electron chi connectivity index (χ2n) is 4.82. The first-order chi connectivity index (χ1) is 11.4. The highest BCUT2D eigenvalue weighted by molar-refractivity contribution is 9.10. The third-order valence-corrected chi connectivity index (χ3v) is 3.62. The van der Waals surface area contributed by atoms with Gasteiger partial charge in [0.1, 0.15) is 5.69 Å². The average Bonchev–Trinajstić information content (AvgIpc) is 2.55. The number of benzene rings is 2. The van der Waals surface area contributed by atoms with Crippen LogP contribution in [0.5, 0.6) is 0 Å². The largest absolute Gasteiger partial charge is 0.449 e. The molecule has 2 aromatic rings. The van der Waals surface area contributed by atoms with Crippen LogP contribution in [-0.4, -0.2) is 22.9 Å². The molecule has 7 nitrogen and oxygen atoms in total. The lowest BCUT2D eigenvalue weighted by molar-refractivity contribution is -0.383. The molecule has 0 aliphatic carbocycles. The SMILES string of the molecule is C[C@H](OC(=O)c1ccc(Br)cc1)C(=O)Nc1ccccc1[N+](=O)[O-]. The van der Waals surface area contributed by atoms with E-state index >= 15 is 0 Å². The minimum absolute atomic E-state index is 0.0408. The molecule has 0 aromatic heterocycles. The van der Waals surface area contributed by atoms with Crippen molar-refractivity contribution >= 4 is 39.2 Å². The summed E-state index contributed by atoms with van der Waals surface area (Å²) >= 11 is 3.25. The van der Waals surface area contributed by atoms with E-state index in [1.807, 2.05) is 0 Å². The van der Waals surface area contributed by atoms with Gasteiger partial charge in [0.25, 0.3) is 11.6 Å². The number of nitrogens with one attached hydrogen (secondary N) is 1. The van der Waals surface area contributed by atoms with Gasteiger partial charge in [-0.25, -0.2) is 4.79 Å². The van der Waals surface area contributed by atoms with Crippen molar-refractivity contribution in [2.45, 2.75) is 13.0 Å². The number of anilines is 1. The molecule has 1 atom stereocenters. The van der Waals surface area contributed by atoms with Gasteiger partial charge in [-0.05, 0) is 37.3 Å². The zero-order valence-electron chi connectivity index (χ0n) is 12.6. The fourth-order valence-electron chi connectivity index (χ4n) is 1.84. The van der Waals surface area contributed by atoms with Gasteiger partial charge in [0, 0.05) is 10.5 Å². The zero-order chi connectivity index (χ0) is 17.7. The van der Waals surface area contributed by atoms with E-state index in [0.29, 0.717) is 5.56 Å². The summed E-state index contributed by atoms with van der Waals surface area (Å²) in [5.41, 5.74) is 0.0971. The maximum Gasteiger partial charge on any atom is 0.338 e. The highest BCUT2D eigenvalue weighted by Crippen LogP contribution is 2.23. The standard InChI is InChI=1S/C16H13BrN2O5/c1-10(24-16(21)11-6-8-12(17)9-7-11)15(20)18-13-4-2-3-5-14(13)19(22)23/h2-10H,1H3,(H,18,20)/t10-/m0/s1. The summed E-state index contributed by atoms with van der Waals surface area (Å²) in [6.45, 7) is 1.39. The molecule has 0 aliphatic rings. The quantitative estimate of drug-likeness (QED) is 0.476. The molecular weight excluding hydrogens is 380 g/mol. The number of halogens is 1. The number of nitrogens with zero attached hydrogens (tertiary/aromatic N) is 1. The van der Waals surface area contributed by atoms with Gasteiger partial charge in [0.2, 0.25) is 0 Å². The molecule has 0 aliphatic heterocycles. The summed E-state index contributed by atoms with van der Waals surface area (Å²) in [4.78, 5) is 34.4. The Kier molecular flexibility index (Phi) is 5.64. The molecule has 24 heavy (non-hydrogen) atoms. The summed E-state index contributed by atoms with van der Waals surface area (Å²) in [5, 5.41) is 13.3. The summed E-state index contributed by atoms with van der Waals surface area (Å²) in [6.07, 6.45) is -1.11. The molecule has 0 spiro atoms. The molecule has 0 saturated carbocycles. The molecule has 0 heterocycles.